The SMILES string of the molecule is CC(c1ccc2c(ccn2-c2cc(F)cc(F)c2)c1)C1CCN(CC#N)C1. The van der Waals surface area contributed by atoms with Gasteiger partial charge in [-0.1, -0.05) is 13.0 Å². The van der Waals surface area contributed by atoms with Crippen molar-refractivity contribution in [1.82, 2.24) is 9.47 Å². The normalized spacial score (nSPS) is 18.7. The molecular formula is C22H21F2N3. The molecule has 0 saturated carbocycles. The molecule has 27 heavy (non-hydrogen) atoms. The zero-order chi connectivity index (χ0) is 19.0. The van der Waals surface area contributed by atoms with Crippen molar-refractivity contribution in [2.75, 3.05) is 19.6 Å². The Balaban J connectivity index is 1.62. The minimum absolute atomic E-state index is 0.396. The van der Waals surface area contributed by atoms with Gasteiger partial charge in [-0.3, -0.25) is 4.90 Å². The standard InChI is InChI=1S/C22H21F2N3/c1-15(18-4-7-26(14-18)9-6-25)16-2-3-22-17(10-16)5-8-27(22)21-12-19(23)11-20(24)13-21/h2-3,5,8,10-13,15,18H,4,7,9,14H2,1H3. The average Bonchev–Trinajstić information content (AvgIpc) is 3.27. The quantitative estimate of drug-likeness (QED) is 0.619. The van der Waals surface area contributed by atoms with E-state index in [0.717, 1.165) is 36.5 Å². The maximum absolute atomic E-state index is 13.6. The van der Waals surface area contributed by atoms with E-state index in [-0.39, 0.29) is 0 Å². The fourth-order valence-electron chi connectivity index (χ4n) is 4.13. The molecule has 0 radical (unpaired) electrons. The predicted molar refractivity (Wildman–Crippen MR) is 102 cm³/mol. The van der Waals surface area contributed by atoms with Crippen LogP contribution in [0.1, 0.15) is 24.8 Å². The first kappa shape index (κ1) is 17.7. The van der Waals surface area contributed by atoms with Gasteiger partial charge in [-0.05, 0) is 60.7 Å². The van der Waals surface area contributed by atoms with Crippen molar-refractivity contribution in [1.29, 1.82) is 5.26 Å². The summed E-state index contributed by atoms with van der Waals surface area (Å²) in [6, 6.07) is 14.0. The van der Waals surface area contributed by atoms with Gasteiger partial charge < -0.3 is 4.57 Å². The van der Waals surface area contributed by atoms with Gasteiger partial charge in [0.1, 0.15) is 11.6 Å². The second-order valence-corrected chi connectivity index (χ2v) is 7.36. The van der Waals surface area contributed by atoms with E-state index >= 15 is 0 Å². The fraction of sp³-hybridized carbons (Fsp3) is 0.318. The topological polar surface area (TPSA) is 32.0 Å². The number of nitriles is 1. The summed E-state index contributed by atoms with van der Waals surface area (Å²) in [6.07, 6.45) is 2.95. The summed E-state index contributed by atoms with van der Waals surface area (Å²) in [6.45, 7) is 4.67. The van der Waals surface area contributed by atoms with Gasteiger partial charge in [0.05, 0.1) is 23.8 Å². The van der Waals surface area contributed by atoms with Gasteiger partial charge in [0.25, 0.3) is 0 Å². The smallest absolute Gasteiger partial charge is 0.128 e. The van der Waals surface area contributed by atoms with Crippen LogP contribution >= 0.6 is 0 Å². The molecule has 0 bridgehead atoms. The fourth-order valence-corrected chi connectivity index (χ4v) is 4.13. The van der Waals surface area contributed by atoms with Crippen molar-refractivity contribution in [3.63, 3.8) is 0 Å². The molecule has 2 atom stereocenters. The van der Waals surface area contributed by atoms with Crippen LogP contribution in [0.15, 0.2) is 48.7 Å². The summed E-state index contributed by atoms with van der Waals surface area (Å²) in [7, 11) is 0. The van der Waals surface area contributed by atoms with Gasteiger partial charge in [0.2, 0.25) is 0 Å². The van der Waals surface area contributed by atoms with E-state index in [1.54, 1.807) is 4.57 Å². The Morgan fingerprint density at radius 2 is 1.93 bits per heavy atom. The highest BCUT2D eigenvalue weighted by Crippen LogP contribution is 2.33. The molecule has 0 N–H and O–H groups in total. The van der Waals surface area contributed by atoms with Crippen LogP contribution in [-0.4, -0.2) is 29.1 Å². The molecule has 1 fully saturated rings. The Bertz CT molecular complexity index is 998. The molecule has 3 aromatic rings. The average molecular weight is 365 g/mol. The summed E-state index contributed by atoms with van der Waals surface area (Å²) < 4.78 is 28.9. The van der Waals surface area contributed by atoms with Crippen LogP contribution in [0, 0.1) is 28.9 Å². The van der Waals surface area contributed by atoms with Crippen LogP contribution < -0.4 is 0 Å². The number of likely N-dealkylation sites (tertiary alicyclic amines) is 1. The highest BCUT2D eigenvalue weighted by atomic mass is 19.1. The maximum atomic E-state index is 13.6. The largest absolute Gasteiger partial charge is 0.316 e. The summed E-state index contributed by atoms with van der Waals surface area (Å²) in [5.41, 5.74) is 2.66. The molecule has 3 nitrogen and oxygen atoms in total. The highest BCUT2D eigenvalue weighted by molar-refractivity contribution is 5.82. The number of aromatic nitrogens is 1. The third-order valence-corrected chi connectivity index (χ3v) is 5.68. The van der Waals surface area contributed by atoms with Crippen LogP contribution in [0.5, 0.6) is 0 Å². The Hall–Kier alpha value is -2.71. The molecular weight excluding hydrogens is 344 g/mol. The van der Waals surface area contributed by atoms with Crippen molar-refractivity contribution in [3.8, 4) is 11.8 Å². The molecule has 2 heterocycles. The summed E-state index contributed by atoms with van der Waals surface area (Å²) >= 11 is 0. The third-order valence-electron chi connectivity index (χ3n) is 5.68. The minimum atomic E-state index is -0.583. The van der Waals surface area contributed by atoms with Gasteiger partial charge in [-0.25, -0.2) is 8.78 Å². The monoisotopic (exact) mass is 365 g/mol. The van der Waals surface area contributed by atoms with E-state index in [0.29, 0.717) is 24.1 Å². The molecule has 2 unspecified atom stereocenters. The molecule has 2 aromatic carbocycles. The Labute approximate surface area is 157 Å². The molecule has 1 aromatic heterocycles. The third kappa shape index (κ3) is 3.45. The lowest BCUT2D eigenvalue weighted by atomic mass is 9.86. The first-order valence-electron chi connectivity index (χ1n) is 9.22. The summed E-state index contributed by atoms with van der Waals surface area (Å²) in [4.78, 5) is 2.20. The maximum Gasteiger partial charge on any atom is 0.128 e. The summed E-state index contributed by atoms with van der Waals surface area (Å²) in [5, 5.41) is 9.93. The van der Waals surface area contributed by atoms with Crippen molar-refractivity contribution in [3.05, 3.63) is 65.9 Å². The Kier molecular flexibility index (Phi) is 4.67. The number of halogens is 2. The van der Waals surface area contributed by atoms with E-state index in [4.69, 9.17) is 5.26 Å². The molecule has 0 spiro atoms. The lowest BCUT2D eigenvalue weighted by Crippen LogP contribution is -2.22. The van der Waals surface area contributed by atoms with Crippen LogP contribution in [0.4, 0.5) is 8.78 Å². The van der Waals surface area contributed by atoms with Gasteiger partial charge >= 0.3 is 0 Å². The lowest BCUT2D eigenvalue weighted by Gasteiger charge is -2.20. The molecule has 4 rings (SSSR count). The second-order valence-electron chi connectivity index (χ2n) is 7.36. The van der Waals surface area contributed by atoms with Crippen molar-refractivity contribution < 1.29 is 8.78 Å². The predicted octanol–water partition coefficient (Wildman–Crippen LogP) is 4.86. The van der Waals surface area contributed by atoms with Crippen LogP contribution in [-0.2, 0) is 0 Å². The number of hydrogen-bond acceptors (Lipinski definition) is 2. The highest BCUT2D eigenvalue weighted by Gasteiger charge is 2.27. The first-order chi connectivity index (χ1) is 13.0. The number of hydrogen-bond donors (Lipinski definition) is 0. The van der Waals surface area contributed by atoms with E-state index in [9.17, 15) is 8.78 Å². The molecule has 0 amide bonds. The summed E-state index contributed by atoms with van der Waals surface area (Å²) in [5.74, 6) is -0.233. The van der Waals surface area contributed by atoms with E-state index in [1.807, 2.05) is 18.3 Å². The number of fused-ring (bicyclic) bond motifs is 1. The minimum Gasteiger partial charge on any atom is -0.316 e. The van der Waals surface area contributed by atoms with E-state index < -0.39 is 11.6 Å². The molecule has 1 aliphatic heterocycles. The van der Waals surface area contributed by atoms with Crippen molar-refractivity contribution in [2.24, 2.45) is 5.92 Å². The molecule has 5 heteroatoms. The van der Waals surface area contributed by atoms with E-state index in [1.165, 1.54) is 17.7 Å². The number of nitrogens with zero attached hydrogens (tertiary/aromatic N) is 3. The number of benzene rings is 2. The van der Waals surface area contributed by atoms with E-state index in [2.05, 4.69) is 30.0 Å². The first-order valence-corrected chi connectivity index (χ1v) is 9.22. The Morgan fingerprint density at radius 1 is 1.15 bits per heavy atom. The zero-order valence-electron chi connectivity index (χ0n) is 15.2. The van der Waals surface area contributed by atoms with Crippen LogP contribution in [0.25, 0.3) is 16.6 Å². The van der Waals surface area contributed by atoms with Crippen LogP contribution in [0.3, 0.4) is 0 Å². The van der Waals surface area contributed by atoms with Crippen molar-refractivity contribution in [2.45, 2.75) is 19.3 Å². The molecule has 1 saturated heterocycles. The van der Waals surface area contributed by atoms with Gasteiger partial charge in [-0.2, -0.15) is 5.26 Å². The van der Waals surface area contributed by atoms with Gasteiger partial charge in [0, 0.05) is 24.2 Å². The zero-order valence-corrected chi connectivity index (χ0v) is 15.2. The lowest BCUT2D eigenvalue weighted by molar-refractivity contribution is 0.350. The van der Waals surface area contributed by atoms with Gasteiger partial charge in [-0.15, -0.1) is 0 Å². The molecule has 0 aliphatic carbocycles. The Morgan fingerprint density at radius 3 is 2.67 bits per heavy atom. The van der Waals surface area contributed by atoms with Gasteiger partial charge in [0.15, 0.2) is 0 Å². The number of rotatable bonds is 4. The second kappa shape index (κ2) is 7.13. The molecule has 1 aliphatic rings. The van der Waals surface area contributed by atoms with Crippen molar-refractivity contribution >= 4 is 10.9 Å². The van der Waals surface area contributed by atoms with Crippen LogP contribution in [0.2, 0.25) is 0 Å². The molecule has 138 valence electrons.